The molecule has 208 valence electrons. The molecule has 0 spiro atoms. The monoisotopic (exact) mass is 567 g/mol. The topological polar surface area (TPSA) is 134 Å². The fourth-order valence-corrected chi connectivity index (χ4v) is 5.72. The molecule has 4 aromatic rings. The molecule has 1 heterocycles. The highest BCUT2D eigenvalue weighted by Crippen LogP contribution is 2.39. The average molecular weight is 568 g/mol. The SMILES string of the molecule is CC(=O)N(CCN)c1ccc(N/C(=C2\C(=O)Nc3ccc(S(=O)(=O)Nc4ccccc4)cc32)c2ccccc2)cc1. The highest BCUT2D eigenvalue weighted by molar-refractivity contribution is 7.92. The number of nitrogens with one attached hydrogen (secondary N) is 3. The van der Waals surface area contributed by atoms with Gasteiger partial charge >= 0.3 is 0 Å². The number of nitrogens with zero attached hydrogens (tertiary/aromatic N) is 1. The minimum absolute atomic E-state index is 0.0232. The Labute approximate surface area is 238 Å². The van der Waals surface area contributed by atoms with Crippen molar-refractivity contribution < 1.29 is 18.0 Å². The van der Waals surface area contributed by atoms with E-state index in [-0.39, 0.29) is 16.7 Å². The Morgan fingerprint density at radius 1 is 0.878 bits per heavy atom. The number of sulfonamides is 1. The number of hydrogen-bond acceptors (Lipinski definition) is 6. The summed E-state index contributed by atoms with van der Waals surface area (Å²) < 4.78 is 29.0. The molecule has 4 aromatic carbocycles. The molecule has 0 aromatic heterocycles. The van der Waals surface area contributed by atoms with E-state index in [0.717, 1.165) is 5.56 Å². The van der Waals surface area contributed by atoms with Gasteiger partial charge in [0.15, 0.2) is 0 Å². The van der Waals surface area contributed by atoms with E-state index in [4.69, 9.17) is 5.73 Å². The Kier molecular flexibility index (Phi) is 7.86. The molecule has 0 atom stereocenters. The van der Waals surface area contributed by atoms with Gasteiger partial charge in [0.25, 0.3) is 15.9 Å². The number of amides is 2. The van der Waals surface area contributed by atoms with E-state index < -0.39 is 10.0 Å². The summed E-state index contributed by atoms with van der Waals surface area (Å²) in [6, 6.07) is 29.7. The number of carbonyl (C=O) groups is 2. The largest absolute Gasteiger partial charge is 0.354 e. The summed E-state index contributed by atoms with van der Waals surface area (Å²) in [7, 11) is -3.92. The van der Waals surface area contributed by atoms with Crippen molar-refractivity contribution in [3.63, 3.8) is 0 Å². The molecule has 0 saturated heterocycles. The first-order valence-corrected chi connectivity index (χ1v) is 14.4. The third-order valence-corrected chi connectivity index (χ3v) is 7.94. The average Bonchev–Trinajstić information content (AvgIpc) is 3.30. The van der Waals surface area contributed by atoms with E-state index >= 15 is 0 Å². The van der Waals surface area contributed by atoms with Crippen molar-refractivity contribution in [3.05, 3.63) is 114 Å². The van der Waals surface area contributed by atoms with Gasteiger partial charge in [-0.05, 0) is 60.2 Å². The molecule has 10 heteroatoms. The van der Waals surface area contributed by atoms with Crippen LogP contribution < -0.4 is 26.0 Å². The first-order chi connectivity index (χ1) is 19.8. The van der Waals surface area contributed by atoms with Gasteiger partial charge in [-0.25, -0.2) is 8.42 Å². The van der Waals surface area contributed by atoms with Gasteiger partial charge in [0.05, 0.1) is 16.2 Å². The van der Waals surface area contributed by atoms with Gasteiger partial charge in [0.2, 0.25) is 5.91 Å². The number of benzene rings is 4. The summed E-state index contributed by atoms with van der Waals surface area (Å²) in [5.74, 6) is -0.478. The molecular formula is C31H29N5O4S. The van der Waals surface area contributed by atoms with Crippen molar-refractivity contribution in [2.75, 3.05) is 33.3 Å². The van der Waals surface area contributed by atoms with Crippen LogP contribution in [-0.2, 0) is 19.6 Å². The highest BCUT2D eigenvalue weighted by atomic mass is 32.2. The molecule has 41 heavy (non-hydrogen) atoms. The standard InChI is InChI=1S/C31H29N5O4S/c1-21(37)36(19-18-32)25-14-12-23(13-15-25)33-30(22-8-4-2-5-9-22)29-27-20-26(16-17-28(27)34-31(29)38)41(39,40)35-24-10-6-3-7-11-24/h2-17,20,33,35H,18-19,32H2,1H3,(H,34,38)/b30-29-. The van der Waals surface area contributed by atoms with Gasteiger partial charge in [-0.2, -0.15) is 0 Å². The summed E-state index contributed by atoms with van der Waals surface area (Å²) in [5.41, 5.74) is 9.99. The molecule has 0 radical (unpaired) electrons. The van der Waals surface area contributed by atoms with Crippen LogP contribution >= 0.6 is 0 Å². The summed E-state index contributed by atoms with van der Waals surface area (Å²) in [6.07, 6.45) is 0. The third-order valence-electron chi connectivity index (χ3n) is 6.57. The van der Waals surface area contributed by atoms with Gasteiger partial charge in [-0.1, -0.05) is 48.5 Å². The van der Waals surface area contributed by atoms with Crippen molar-refractivity contribution >= 4 is 55.9 Å². The molecular weight excluding hydrogens is 538 g/mol. The van der Waals surface area contributed by atoms with E-state index in [0.29, 0.717) is 52.7 Å². The van der Waals surface area contributed by atoms with E-state index in [1.165, 1.54) is 19.1 Å². The number of rotatable bonds is 9. The zero-order valence-corrected chi connectivity index (χ0v) is 23.1. The molecule has 5 N–H and O–H groups in total. The van der Waals surface area contributed by atoms with E-state index in [2.05, 4.69) is 15.4 Å². The van der Waals surface area contributed by atoms with Gasteiger partial charge in [-0.3, -0.25) is 14.3 Å². The van der Waals surface area contributed by atoms with Crippen LogP contribution in [0.3, 0.4) is 0 Å². The van der Waals surface area contributed by atoms with Crippen LogP contribution in [0, 0.1) is 0 Å². The lowest BCUT2D eigenvalue weighted by Crippen LogP contribution is -2.33. The first kappa shape index (κ1) is 27.6. The lowest BCUT2D eigenvalue weighted by Gasteiger charge is -2.21. The van der Waals surface area contributed by atoms with Crippen molar-refractivity contribution in [1.82, 2.24) is 0 Å². The molecule has 0 unspecified atom stereocenters. The number of fused-ring (bicyclic) bond motifs is 1. The van der Waals surface area contributed by atoms with Gasteiger partial charge in [-0.15, -0.1) is 0 Å². The fraction of sp³-hybridized carbons (Fsp3) is 0.0968. The Hall–Kier alpha value is -4.93. The molecule has 2 amide bonds. The first-order valence-electron chi connectivity index (χ1n) is 13.0. The maximum atomic E-state index is 13.3. The highest BCUT2D eigenvalue weighted by Gasteiger charge is 2.30. The van der Waals surface area contributed by atoms with E-state index in [1.807, 2.05) is 42.5 Å². The molecule has 5 rings (SSSR count). The number of nitrogens with two attached hydrogens (primary N) is 1. The second-order valence-electron chi connectivity index (χ2n) is 9.38. The summed E-state index contributed by atoms with van der Waals surface area (Å²) in [5, 5.41) is 6.21. The Morgan fingerprint density at radius 2 is 1.54 bits per heavy atom. The number of carbonyl (C=O) groups excluding carboxylic acids is 2. The van der Waals surface area contributed by atoms with Crippen LogP contribution in [-0.4, -0.2) is 33.3 Å². The predicted octanol–water partition coefficient (Wildman–Crippen LogP) is 4.73. The molecule has 0 saturated carbocycles. The van der Waals surface area contributed by atoms with Crippen LogP contribution in [0.2, 0.25) is 0 Å². The van der Waals surface area contributed by atoms with Crippen molar-refractivity contribution in [2.24, 2.45) is 5.73 Å². The Bertz CT molecular complexity index is 1720. The number of anilines is 4. The normalized spacial score (nSPS) is 13.7. The minimum atomic E-state index is -3.92. The predicted molar refractivity (Wildman–Crippen MR) is 163 cm³/mol. The maximum absolute atomic E-state index is 13.3. The van der Waals surface area contributed by atoms with Gasteiger partial charge in [0.1, 0.15) is 0 Å². The lowest BCUT2D eigenvalue weighted by molar-refractivity contribution is -0.116. The summed E-state index contributed by atoms with van der Waals surface area (Å²) in [4.78, 5) is 27.0. The van der Waals surface area contributed by atoms with Crippen molar-refractivity contribution in [2.45, 2.75) is 11.8 Å². The minimum Gasteiger partial charge on any atom is -0.354 e. The van der Waals surface area contributed by atoms with Crippen molar-refractivity contribution in [1.29, 1.82) is 0 Å². The quantitative estimate of drug-likeness (QED) is 0.216. The third kappa shape index (κ3) is 5.98. The molecule has 1 aliphatic rings. The second kappa shape index (κ2) is 11.7. The van der Waals surface area contributed by atoms with E-state index in [9.17, 15) is 18.0 Å². The Morgan fingerprint density at radius 3 is 2.17 bits per heavy atom. The zero-order valence-electron chi connectivity index (χ0n) is 22.3. The molecule has 0 fully saturated rings. The number of para-hydroxylation sites is 1. The molecule has 0 aliphatic carbocycles. The zero-order chi connectivity index (χ0) is 29.0. The lowest BCUT2D eigenvalue weighted by atomic mass is 10.00. The molecule has 1 aliphatic heterocycles. The molecule has 9 nitrogen and oxygen atoms in total. The van der Waals surface area contributed by atoms with E-state index in [1.54, 1.807) is 53.4 Å². The fourth-order valence-electron chi connectivity index (χ4n) is 4.63. The van der Waals surface area contributed by atoms with Crippen molar-refractivity contribution in [3.8, 4) is 0 Å². The van der Waals surface area contributed by atoms with Gasteiger partial charge < -0.3 is 21.3 Å². The van der Waals surface area contributed by atoms with Crippen LogP contribution in [0.15, 0.2) is 108 Å². The van der Waals surface area contributed by atoms with Crippen LogP contribution in [0.25, 0.3) is 11.3 Å². The van der Waals surface area contributed by atoms with Crippen LogP contribution in [0.1, 0.15) is 18.1 Å². The van der Waals surface area contributed by atoms with Crippen LogP contribution in [0.4, 0.5) is 22.7 Å². The molecule has 0 bridgehead atoms. The second-order valence-corrected chi connectivity index (χ2v) is 11.1. The summed E-state index contributed by atoms with van der Waals surface area (Å²) >= 11 is 0. The smallest absolute Gasteiger partial charge is 0.261 e. The van der Waals surface area contributed by atoms with Gasteiger partial charge in [0, 0.05) is 48.3 Å². The summed E-state index contributed by atoms with van der Waals surface area (Å²) in [6.45, 7) is 2.21. The number of hydrogen-bond donors (Lipinski definition) is 4. The Balaban J connectivity index is 1.56. The van der Waals surface area contributed by atoms with Crippen LogP contribution in [0.5, 0.6) is 0 Å². The maximum Gasteiger partial charge on any atom is 0.261 e.